The lowest BCUT2D eigenvalue weighted by molar-refractivity contribution is 0.0497. The topological polar surface area (TPSA) is 41.4 Å². The van der Waals surface area contributed by atoms with Gasteiger partial charge in [-0.25, -0.2) is 0 Å². The normalized spacial score (nSPS) is 17.5. The Morgan fingerprint density at radius 1 is 1.07 bits per heavy atom. The Morgan fingerprint density at radius 3 is 2.55 bits per heavy atom. The van der Waals surface area contributed by atoms with Gasteiger partial charge in [-0.15, -0.1) is 0 Å². The van der Waals surface area contributed by atoms with Crippen molar-refractivity contribution in [2.45, 2.75) is 26.4 Å². The van der Waals surface area contributed by atoms with Crippen LogP contribution in [0.3, 0.4) is 0 Å². The Morgan fingerprint density at radius 2 is 1.83 bits per heavy atom. The summed E-state index contributed by atoms with van der Waals surface area (Å²) in [5, 5.41) is 0. The van der Waals surface area contributed by atoms with E-state index in [0.717, 1.165) is 42.3 Å². The second kappa shape index (κ2) is 8.21. The van der Waals surface area contributed by atoms with Gasteiger partial charge in [0, 0.05) is 37.2 Å². The summed E-state index contributed by atoms with van der Waals surface area (Å²) in [5.41, 5.74) is 5.07. The van der Waals surface area contributed by atoms with Crippen LogP contribution in [-0.2, 0) is 6.54 Å². The highest BCUT2D eigenvalue weighted by Gasteiger charge is 2.32. The summed E-state index contributed by atoms with van der Waals surface area (Å²) in [4.78, 5) is 22.4. The molecular formula is C24H28N4O. The molecule has 1 saturated heterocycles. The van der Waals surface area contributed by atoms with Crippen LogP contribution in [0, 0.1) is 13.8 Å². The first-order chi connectivity index (χ1) is 14.0. The number of aryl methyl sites for hydroxylation is 1. The number of benzene rings is 1. The second-order valence-corrected chi connectivity index (χ2v) is 7.88. The Balaban J connectivity index is 1.64. The van der Waals surface area contributed by atoms with Gasteiger partial charge in [-0.1, -0.05) is 36.4 Å². The van der Waals surface area contributed by atoms with Gasteiger partial charge in [-0.2, -0.15) is 0 Å². The lowest BCUT2D eigenvalue weighted by atomic mass is 10.0. The van der Waals surface area contributed by atoms with E-state index < -0.39 is 0 Å². The molecule has 1 aliphatic rings. The van der Waals surface area contributed by atoms with E-state index in [9.17, 15) is 4.79 Å². The lowest BCUT2D eigenvalue weighted by Crippen LogP contribution is -2.49. The minimum atomic E-state index is 0.0706. The fourth-order valence-electron chi connectivity index (χ4n) is 4.19. The van der Waals surface area contributed by atoms with Gasteiger partial charge in [-0.05, 0) is 44.7 Å². The third kappa shape index (κ3) is 3.96. The summed E-state index contributed by atoms with van der Waals surface area (Å²) in [6.45, 7) is 7.25. The Kier molecular flexibility index (Phi) is 5.49. The summed E-state index contributed by atoms with van der Waals surface area (Å²) in [6.07, 6.45) is 1.81. The molecule has 2 aromatic heterocycles. The number of nitrogens with zero attached hydrogens (tertiary/aromatic N) is 4. The molecule has 0 N–H and O–H groups in total. The summed E-state index contributed by atoms with van der Waals surface area (Å²) in [5.74, 6) is 0.118. The molecular weight excluding hydrogens is 360 g/mol. The van der Waals surface area contributed by atoms with Crippen molar-refractivity contribution < 1.29 is 4.79 Å². The molecule has 5 nitrogen and oxygen atoms in total. The molecule has 3 heterocycles. The molecule has 150 valence electrons. The van der Waals surface area contributed by atoms with Crippen LogP contribution in [0.4, 0.5) is 0 Å². The molecule has 1 fully saturated rings. The number of rotatable bonds is 4. The van der Waals surface area contributed by atoms with Crippen molar-refractivity contribution in [2.24, 2.45) is 0 Å². The zero-order valence-corrected chi connectivity index (χ0v) is 17.4. The molecule has 1 aromatic carbocycles. The fourth-order valence-corrected chi connectivity index (χ4v) is 4.19. The molecule has 1 unspecified atom stereocenters. The van der Waals surface area contributed by atoms with E-state index in [2.05, 4.69) is 40.6 Å². The van der Waals surface area contributed by atoms with Crippen molar-refractivity contribution >= 4 is 5.91 Å². The predicted molar refractivity (Wildman–Crippen MR) is 115 cm³/mol. The maximum absolute atomic E-state index is 13.6. The summed E-state index contributed by atoms with van der Waals surface area (Å²) < 4.78 is 2.18. The van der Waals surface area contributed by atoms with Gasteiger partial charge in [0.25, 0.3) is 5.91 Å². The lowest BCUT2D eigenvalue weighted by Gasteiger charge is -2.40. The highest BCUT2D eigenvalue weighted by molar-refractivity contribution is 5.96. The minimum absolute atomic E-state index is 0.0706. The summed E-state index contributed by atoms with van der Waals surface area (Å²) in [6, 6.07) is 18.4. The third-order valence-corrected chi connectivity index (χ3v) is 5.88. The number of hydrogen-bond donors (Lipinski definition) is 0. The van der Waals surface area contributed by atoms with Gasteiger partial charge in [0.15, 0.2) is 0 Å². The van der Waals surface area contributed by atoms with Crippen molar-refractivity contribution in [3.05, 3.63) is 89.0 Å². The largest absolute Gasteiger partial charge is 0.342 e. The van der Waals surface area contributed by atoms with Crippen molar-refractivity contribution in [3.8, 4) is 0 Å². The molecule has 0 radical (unpaired) electrons. The van der Waals surface area contributed by atoms with Crippen molar-refractivity contribution in [1.82, 2.24) is 19.4 Å². The Labute approximate surface area is 172 Å². The molecule has 1 amide bonds. The van der Waals surface area contributed by atoms with Crippen molar-refractivity contribution in [2.75, 3.05) is 26.7 Å². The van der Waals surface area contributed by atoms with Crippen molar-refractivity contribution in [1.29, 1.82) is 0 Å². The molecule has 4 rings (SSSR count). The number of carbonyl (C=O) groups excluding carboxylic acids is 1. The molecule has 3 aromatic rings. The van der Waals surface area contributed by atoms with Crippen LogP contribution in [0.2, 0.25) is 0 Å². The maximum atomic E-state index is 13.6. The summed E-state index contributed by atoms with van der Waals surface area (Å²) in [7, 11) is 2.12. The van der Waals surface area contributed by atoms with Crippen LogP contribution in [0.25, 0.3) is 0 Å². The SMILES string of the molecule is Cc1cc(C(=O)N2CCN(C)CC2c2ccccc2)c(C)n1Cc1ccccn1. The van der Waals surface area contributed by atoms with E-state index >= 15 is 0 Å². The number of amides is 1. The number of pyridine rings is 1. The van der Waals surface area contributed by atoms with Gasteiger partial charge in [0.05, 0.1) is 23.8 Å². The maximum Gasteiger partial charge on any atom is 0.256 e. The molecule has 29 heavy (non-hydrogen) atoms. The van der Waals surface area contributed by atoms with Crippen molar-refractivity contribution in [3.63, 3.8) is 0 Å². The molecule has 0 aliphatic carbocycles. The van der Waals surface area contributed by atoms with Gasteiger partial charge < -0.3 is 14.4 Å². The van der Waals surface area contributed by atoms with Crippen LogP contribution < -0.4 is 0 Å². The average molecular weight is 389 g/mol. The van der Waals surface area contributed by atoms with E-state index in [-0.39, 0.29) is 11.9 Å². The molecule has 0 bridgehead atoms. The smallest absolute Gasteiger partial charge is 0.256 e. The van der Waals surface area contributed by atoms with Gasteiger partial charge >= 0.3 is 0 Å². The average Bonchev–Trinajstić information content (AvgIpc) is 3.03. The van der Waals surface area contributed by atoms with E-state index in [4.69, 9.17) is 0 Å². The first-order valence-corrected chi connectivity index (χ1v) is 10.2. The van der Waals surface area contributed by atoms with Gasteiger partial charge in [0.2, 0.25) is 0 Å². The Bertz CT molecular complexity index is 981. The number of likely N-dealkylation sites (N-methyl/N-ethyl adjacent to an activating group) is 1. The zero-order chi connectivity index (χ0) is 20.4. The molecule has 1 aliphatic heterocycles. The quantitative estimate of drug-likeness (QED) is 0.685. The van der Waals surface area contributed by atoms with Gasteiger partial charge in [0.1, 0.15) is 0 Å². The van der Waals surface area contributed by atoms with Crippen LogP contribution in [0.15, 0.2) is 60.8 Å². The standard InChI is InChI=1S/C24H28N4O/c1-18-15-22(19(2)28(18)16-21-11-7-8-12-25-21)24(29)27-14-13-26(3)17-23(27)20-9-5-4-6-10-20/h4-12,15,23H,13-14,16-17H2,1-3H3. The molecule has 0 saturated carbocycles. The first kappa shape index (κ1) is 19.4. The third-order valence-electron chi connectivity index (χ3n) is 5.88. The second-order valence-electron chi connectivity index (χ2n) is 7.88. The highest BCUT2D eigenvalue weighted by atomic mass is 16.2. The van der Waals surface area contributed by atoms with Crippen LogP contribution in [-0.4, -0.2) is 51.9 Å². The molecule has 5 heteroatoms. The number of piperazine rings is 1. The number of hydrogen-bond acceptors (Lipinski definition) is 3. The van der Waals surface area contributed by atoms with E-state index in [1.807, 2.05) is 60.5 Å². The molecule has 1 atom stereocenters. The highest BCUT2D eigenvalue weighted by Crippen LogP contribution is 2.28. The monoisotopic (exact) mass is 388 g/mol. The fraction of sp³-hybridized carbons (Fsp3) is 0.333. The number of carbonyl (C=O) groups is 1. The van der Waals surface area contributed by atoms with E-state index in [1.165, 1.54) is 5.56 Å². The number of aromatic nitrogens is 2. The molecule has 0 spiro atoms. The van der Waals surface area contributed by atoms with Crippen LogP contribution in [0.1, 0.15) is 39.0 Å². The predicted octanol–water partition coefficient (Wildman–Crippen LogP) is 3.68. The Hall–Kier alpha value is -2.92. The minimum Gasteiger partial charge on any atom is -0.342 e. The van der Waals surface area contributed by atoms with Gasteiger partial charge in [-0.3, -0.25) is 9.78 Å². The summed E-state index contributed by atoms with van der Waals surface area (Å²) >= 11 is 0. The van der Waals surface area contributed by atoms with Crippen LogP contribution >= 0.6 is 0 Å². The first-order valence-electron chi connectivity index (χ1n) is 10.2. The van der Waals surface area contributed by atoms with Crippen LogP contribution in [0.5, 0.6) is 0 Å². The van der Waals surface area contributed by atoms with E-state index in [0.29, 0.717) is 6.54 Å². The van der Waals surface area contributed by atoms with E-state index in [1.54, 1.807) is 0 Å². The zero-order valence-electron chi connectivity index (χ0n) is 17.4.